The van der Waals surface area contributed by atoms with Gasteiger partial charge >= 0.3 is 6.03 Å². The van der Waals surface area contributed by atoms with E-state index in [1.807, 2.05) is 18.3 Å². The van der Waals surface area contributed by atoms with Crippen LogP contribution in [0.3, 0.4) is 0 Å². The van der Waals surface area contributed by atoms with Gasteiger partial charge in [0, 0.05) is 49.6 Å². The average molecular weight is 479 g/mol. The first-order valence-corrected chi connectivity index (χ1v) is 11.9. The van der Waals surface area contributed by atoms with Gasteiger partial charge in [-0.15, -0.1) is 0 Å². The van der Waals surface area contributed by atoms with E-state index in [2.05, 4.69) is 39.5 Å². The van der Waals surface area contributed by atoms with E-state index in [1.165, 1.54) is 0 Å². The topological polar surface area (TPSA) is 68.7 Å². The Hall–Kier alpha value is -3.36. The van der Waals surface area contributed by atoms with Crippen LogP contribution in [-0.2, 0) is 0 Å². The van der Waals surface area contributed by atoms with E-state index in [0.29, 0.717) is 13.1 Å². The van der Waals surface area contributed by atoms with Crippen LogP contribution in [-0.4, -0.2) is 64.2 Å². The van der Waals surface area contributed by atoms with Crippen molar-refractivity contribution in [3.63, 3.8) is 0 Å². The number of anilines is 1. The minimum absolute atomic E-state index is 0.0204. The van der Waals surface area contributed by atoms with Crippen molar-refractivity contribution in [2.75, 3.05) is 31.6 Å². The van der Waals surface area contributed by atoms with Crippen molar-refractivity contribution < 1.29 is 18.7 Å². The number of hydrogen-bond acceptors (Lipinski definition) is 4. The van der Waals surface area contributed by atoms with Gasteiger partial charge in [0.15, 0.2) is 0 Å². The quantitative estimate of drug-likeness (QED) is 0.580. The number of pyridine rings is 1. The lowest BCUT2D eigenvalue weighted by molar-refractivity contribution is -0.0585. The van der Waals surface area contributed by atoms with E-state index >= 15 is 0 Å². The summed E-state index contributed by atoms with van der Waals surface area (Å²) in [6, 6.07) is 14.8. The summed E-state index contributed by atoms with van der Waals surface area (Å²) in [5, 5.41) is 12.7. The van der Waals surface area contributed by atoms with Crippen molar-refractivity contribution in [1.29, 1.82) is 0 Å². The second kappa shape index (κ2) is 10.1. The van der Waals surface area contributed by atoms with Crippen molar-refractivity contribution in [2.45, 2.75) is 30.8 Å². The Morgan fingerprint density at radius 1 is 1.06 bits per heavy atom. The third kappa shape index (κ3) is 4.76. The Labute approximate surface area is 203 Å². The number of halogens is 2. The molecule has 0 spiro atoms. The molecule has 2 saturated heterocycles. The Bertz CT molecular complexity index is 1180. The van der Waals surface area contributed by atoms with Crippen LogP contribution in [0.2, 0.25) is 0 Å². The molecule has 2 amide bonds. The van der Waals surface area contributed by atoms with Crippen molar-refractivity contribution >= 4 is 11.7 Å². The number of aliphatic hydroxyl groups is 1. The maximum Gasteiger partial charge on any atom is 0.321 e. The van der Waals surface area contributed by atoms with E-state index in [1.54, 1.807) is 11.1 Å². The third-order valence-corrected chi connectivity index (χ3v) is 7.12. The van der Waals surface area contributed by atoms with Gasteiger partial charge in [-0.1, -0.05) is 30.3 Å². The highest BCUT2D eigenvalue weighted by Gasteiger charge is 2.49. The highest BCUT2D eigenvalue weighted by molar-refractivity contribution is 5.89. The minimum Gasteiger partial charge on any atom is -0.395 e. The van der Waals surface area contributed by atoms with E-state index in [-0.39, 0.29) is 30.3 Å². The molecule has 0 bridgehead atoms. The van der Waals surface area contributed by atoms with Crippen molar-refractivity contribution in [3.8, 4) is 11.1 Å². The van der Waals surface area contributed by atoms with Gasteiger partial charge in [-0.25, -0.2) is 13.6 Å². The number of rotatable bonds is 4. The highest BCUT2D eigenvalue weighted by atomic mass is 19.1. The van der Waals surface area contributed by atoms with Gasteiger partial charge in [0.2, 0.25) is 0 Å². The molecule has 3 aromatic rings. The van der Waals surface area contributed by atoms with Crippen molar-refractivity contribution in [2.24, 2.45) is 0 Å². The molecule has 0 aliphatic carbocycles. The molecule has 5 rings (SSSR count). The Kier molecular flexibility index (Phi) is 6.74. The number of aromatic nitrogens is 1. The molecule has 2 fully saturated rings. The molecular weight excluding hydrogens is 450 g/mol. The Morgan fingerprint density at radius 3 is 2.60 bits per heavy atom. The van der Waals surface area contributed by atoms with Crippen LogP contribution >= 0.6 is 0 Å². The molecule has 2 aromatic carbocycles. The molecule has 1 aromatic heterocycles. The highest BCUT2D eigenvalue weighted by Crippen LogP contribution is 2.42. The number of urea groups is 1. The monoisotopic (exact) mass is 478 g/mol. The number of nitrogens with zero attached hydrogens (tertiary/aromatic N) is 3. The summed E-state index contributed by atoms with van der Waals surface area (Å²) in [7, 11) is 0. The number of hydrogen-bond donors (Lipinski definition) is 2. The van der Waals surface area contributed by atoms with Gasteiger partial charge in [0.25, 0.3) is 0 Å². The zero-order chi connectivity index (χ0) is 24.4. The van der Waals surface area contributed by atoms with Gasteiger partial charge in [-0.05, 0) is 54.3 Å². The molecule has 2 aliphatic rings. The molecule has 6 nitrogen and oxygen atoms in total. The van der Waals surface area contributed by atoms with Gasteiger partial charge in [0.1, 0.15) is 11.6 Å². The first kappa shape index (κ1) is 23.4. The summed E-state index contributed by atoms with van der Waals surface area (Å²) in [5.41, 5.74) is 3.04. The standard InChI is InChI=1S/C27H28F2N4O2/c28-21-9-10-22(29)23(14-21)31-27(35)32-12-1-2-13-33-24(16-32)26(25(33)17-34)19-7-5-18(6-8-19)20-4-3-11-30-15-20/h3-11,14-15,24-26,34H,1-2,12-13,16-17H2,(H,31,35)/t24-,25-,26-/m0/s1. The predicted octanol–water partition coefficient (Wildman–Crippen LogP) is 4.48. The second-order valence-electron chi connectivity index (χ2n) is 9.15. The van der Waals surface area contributed by atoms with Crippen LogP contribution in [0.5, 0.6) is 0 Å². The molecule has 0 saturated carbocycles. The van der Waals surface area contributed by atoms with E-state index < -0.39 is 17.7 Å². The van der Waals surface area contributed by atoms with E-state index in [9.17, 15) is 18.7 Å². The van der Waals surface area contributed by atoms with Gasteiger partial charge in [-0.2, -0.15) is 0 Å². The maximum absolute atomic E-state index is 14.1. The average Bonchev–Trinajstić information content (AvgIpc) is 2.86. The zero-order valence-electron chi connectivity index (χ0n) is 19.3. The molecule has 35 heavy (non-hydrogen) atoms. The van der Waals surface area contributed by atoms with Crippen LogP contribution in [0.25, 0.3) is 11.1 Å². The fourth-order valence-corrected chi connectivity index (χ4v) is 5.34. The maximum atomic E-state index is 14.1. The SMILES string of the molecule is O=C(Nc1cc(F)ccc1F)N1CCCCN2[C@@H](CO)[C@@H](c3ccc(-c4cccnc4)cc3)[C@@H]2C1. The number of fused-ring (bicyclic) bond motifs is 1. The first-order chi connectivity index (χ1) is 17.0. The lowest BCUT2D eigenvalue weighted by Gasteiger charge is -2.57. The Morgan fingerprint density at radius 2 is 1.86 bits per heavy atom. The van der Waals surface area contributed by atoms with Crippen LogP contribution in [0, 0.1) is 11.6 Å². The fraction of sp³-hybridized carbons (Fsp3) is 0.333. The molecule has 0 unspecified atom stereocenters. The number of aliphatic hydroxyl groups excluding tert-OH is 1. The van der Waals surface area contributed by atoms with Gasteiger partial charge in [0.05, 0.1) is 12.3 Å². The number of nitrogens with one attached hydrogen (secondary N) is 1. The third-order valence-electron chi connectivity index (χ3n) is 7.12. The van der Waals surface area contributed by atoms with Crippen LogP contribution < -0.4 is 5.32 Å². The molecular formula is C27H28F2N4O2. The molecule has 0 radical (unpaired) electrons. The lowest BCUT2D eigenvalue weighted by Crippen LogP contribution is -2.68. The lowest BCUT2D eigenvalue weighted by atomic mass is 9.74. The smallest absolute Gasteiger partial charge is 0.321 e. The van der Waals surface area contributed by atoms with E-state index in [0.717, 1.165) is 54.3 Å². The molecule has 3 heterocycles. The number of carbonyl (C=O) groups is 1. The summed E-state index contributed by atoms with van der Waals surface area (Å²) in [4.78, 5) is 21.1. The second-order valence-corrected chi connectivity index (χ2v) is 9.15. The van der Waals surface area contributed by atoms with Crippen LogP contribution in [0.1, 0.15) is 24.3 Å². The molecule has 182 valence electrons. The van der Waals surface area contributed by atoms with Crippen molar-refractivity contribution in [3.05, 3.63) is 84.2 Å². The largest absolute Gasteiger partial charge is 0.395 e. The molecule has 2 aliphatic heterocycles. The Balaban J connectivity index is 1.35. The van der Waals surface area contributed by atoms with Gasteiger partial charge in [-0.3, -0.25) is 9.88 Å². The predicted molar refractivity (Wildman–Crippen MR) is 130 cm³/mol. The first-order valence-electron chi connectivity index (χ1n) is 11.9. The summed E-state index contributed by atoms with van der Waals surface area (Å²) in [6.07, 6.45) is 5.25. The zero-order valence-corrected chi connectivity index (χ0v) is 19.3. The van der Waals surface area contributed by atoms with Crippen molar-refractivity contribution in [1.82, 2.24) is 14.8 Å². The van der Waals surface area contributed by atoms with Crippen LogP contribution in [0.15, 0.2) is 67.0 Å². The summed E-state index contributed by atoms with van der Waals surface area (Å²) in [6.45, 7) is 1.86. The number of benzene rings is 2. The molecule has 2 N–H and O–H groups in total. The van der Waals surface area contributed by atoms with E-state index in [4.69, 9.17) is 0 Å². The minimum atomic E-state index is -0.677. The summed E-state index contributed by atoms with van der Waals surface area (Å²) >= 11 is 0. The molecule has 3 atom stereocenters. The normalized spacial score (nSPS) is 22.5. The van der Waals surface area contributed by atoms with Gasteiger partial charge < -0.3 is 15.3 Å². The molecule has 8 heteroatoms. The summed E-state index contributed by atoms with van der Waals surface area (Å²) in [5.74, 6) is -1.23. The van der Waals surface area contributed by atoms with Crippen LogP contribution in [0.4, 0.5) is 19.3 Å². The number of carbonyl (C=O) groups excluding carboxylic acids is 1. The number of amides is 2. The summed E-state index contributed by atoms with van der Waals surface area (Å²) < 4.78 is 27.7. The fourth-order valence-electron chi connectivity index (χ4n) is 5.34.